The van der Waals surface area contributed by atoms with Crippen molar-refractivity contribution in [1.82, 2.24) is 0 Å². The van der Waals surface area contributed by atoms with Crippen molar-refractivity contribution in [3.05, 3.63) is 33.8 Å². The summed E-state index contributed by atoms with van der Waals surface area (Å²) in [6.45, 7) is 3.88. The van der Waals surface area contributed by atoms with Crippen LogP contribution in [0.3, 0.4) is 0 Å². The van der Waals surface area contributed by atoms with E-state index in [1.54, 1.807) is 18.2 Å². The van der Waals surface area contributed by atoms with Gasteiger partial charge in [-0.2, -0.15) is 5.26 Å². The van der Waals surface area contributed by atoms with Crippen LogP contribution in [0.25, 0.3) is 0 Å². The van der Waals surface area contributed by atoms with Crippen LogP contribution in [-0.4, -0.2) is 39.6 Å². The Kier molecular flexibility index (Phi) is 8.84. The molecule has 2 N–H and O–H groups in total. The minimum Gasteiger partial charge on any atom is -0.481 e. The zero-order valence-electron chi connectivity index (χ0n) is 16.6. The van der Waals surface area contributed by atoms with Gasteiger partial charge in [-0.05, 0) is 37.0 Å². The van der Waals surface area contributed by atoms with Crippen molar-refractivity contribution in [3.8, 4) is 6.07 Å². The zero-order valence-corrected chi connectivity index (χ0v) is 18.9. The number of rotatable bonds is 8. The van der Waals surface area contributed by atoms with E-state index in [1.807, 2.05) is 13.8 Å². The van der Waals surface area contributed by atoms with Gasteiger partial charge in [0.1, 0.15) is 5.92 Å². The number of aliphatic hydroxyl groups excluding tert-OH is 1. The Labute approximate surface area is 186 Å². The van der Waals surface area contributed by atoms with Gasteiger partial charge in [0.25, 0.3) is 0 Å². The Balaban J connectivity index is 2.72. The highest BCUT2D eigenvalue weighted by Gasteiger charge is 2.57. The van der Waals surface area contributed by atoms with E-state index in [4.69, 9.17) is 33.3 Å². The molecule has 8 heteroatoms. The van der Waals surface area contributed by atoms with E-state index in [1.165, 1.54) is 11.8 Å². The number of carboxylic acid groups (broad SMARTS) is 1. The molecule has 0 spiro atoms. The second kappa shape index (κ2) is 10.7. The van der Waals surface area contributed by atoms with Gasteiger partial charge in [0, 0.05) is 28.3 Å². The maximum absolute atomic E-state index is 12.7. The summed E-state index contributed by atoms with van der Waals surface area (Å²) in [7, 11) is 0. The molecule has 0 aromatic heterocycles. The molecule has 1 aromatic rings. The van der Waals surface area contributed by atoms with E-state index < -0.39 is 29.3 Å². The average molecular weight is 457 g/mol. The fraction of sp³-hybridized carbons (Fsp3) is 0.571. The van der Waals surface area contributed by atoms with E-state index in [9.17, 15) is 15.2 Å². The third kappa shape index (κ3) is 4.74. The van der Waals surface area contributed by atoms with Gasteiger partial charge in [-0.25, -0.2) is 0 Å². The van der Waals surface area contributed by atoms with E-state index in [0.717, 1.165) is 6.42 Å². The number of aliphatic hydroxyl groups is 1. The highest BCUT2D eigenvalue weighted by atomic mass is 35.5. The number of hydrogen-bond donors (Lipinski definition) is 2. The molecule has 2 rings (SSSR count). The minimum atomic E-state index is -1.24. The van der Waals surface area contributed by atoms with Gasteiger partial charge in [-0.15, -0.1) is 11.8 Å². The molecule has 0 saturated carbocycles. The normalized spacial score (nSPS) is 26.6. The third-order valence-corrected chi connectivity index (χ3v) is 7.28. The minimum absolute atomic E-state index is 0.0519. The number of hydrogen-bond acceptors (Lipinski definition) is 5. The zero-order chi connectivity index (χ0) is 21.6. The first-order valence-corrected chi connectivity index (χ1v) is 11.5. The molecule has 29 heavy (non-hydrogen) atoms. The maximum atomic E-state index is 12.7. The summed E-state index contributed by atoms with van der Waals surface area (Å²) in [4.78, 5) is 17.5. The number of carboxylic acids is 1. The molecule has 0 amide bonds. The van der Waals surface area contributed by atoms with Crippen molar-refractivity contribution in [2.24, 2.45) is 16.3 Å². The van der Waals surface area contributed by atoms with Crippen LogP contribution >= 0.6 is 35.0 Å². The van der Waals surface area contributed by atoms with Crippen molar-refractivity contribution in [2.75, 3.05) is 12.4 Å². The van der Waals surface area contributed by atoms with Crippen molar-refractivity contribution in [1.29, 1.82) is 5.26 Å². The van der Waals surface area contributed by atoms with Crippen molar-refractivity contribution < 1.29 is 15.0 Å². The molecule has 0 saturated heterocycles. The first kappa shape index (κ1) is 24.0. The van der Waals surface area contributed by atoms with Crippen LogP contribution in [0.1, 0.15) is 51.0 Å². The summed E-state index contributed by atoms with van der Waals surface area (Å²) >= 11 is 14.0. The lowest BCUT2D eigenvalue weighted by molar-refractivity contribution is -0.153. The molecule has 1 aliphatic heterocycles. The van der Waals surface area contributed by atoms with Crippen molar-refractivity contribution in [2.45, 2.75) is 51.5 Å². The molecule has 5 nitrogen and oxygen atoms in total. The predicted octanol–water partition coefficient (Wildman–Crippen LogP) is 5.39. The summed E-state index contributed by atoms with van der Waals surface area (Å²) in [6, 6.07) is 6.85. The van der Waals surface area contributed by atoms with Gasteiger partial charge >= 0.3 is 5.97 Å². The van der Waals surface area contributed by atoms with Crippen LogP contribution in [-0.2, 0) is 4.79 Å². The lowest BCUT2D eigenvalue weighted by Gasteiger charge is -2.47. The number of carbonyl (C=O) groups is 1. The van der Waals surface area contributed by atoms with E-state index in [2.05, 4.69) is 6.07 Å². The van der Waals surface area contributed by atoms with Crippen LogP contribution in [0.5, 0.6) is 0 Å². The van der Waals surface area contributed by atoms with E-state index in [-0.39, 0.29) is 6.61 Å². The Hall–Kier alpha value is -1.26. The second-order valence-electron chi connectivity index (χ2n) is 7.15. The largest absolute Gasteiger partial charge is 0.481 e. The molecule has 1 aromatic carbocycles. The first-order valence-electron chi connectivity index (χ1n) is 9.76. The quantitative estimate of drug-likeness (QED) is 0.510. The van der Waals surface area contributed by atoms with Gasteiger partial charge in [0.2, 0.25) is 0 Å². The molecule has 0 fully saturated rings. The standard InChI is InChI=1S/C21H26Cl2N2O3S/c1-3-6-17-21(4-2,20(27)28)18(14-8-7-13(22)11-16(14)23)15(12-24)19(25-17)29-10-5-9-26/h7-8,11,15,17-18,26H,3-6,9-10H2,1-2H3,(H,27,28). The van der Waals surface area contributed by atoms with Gasteiger partial charge in [-0.1, -0.05) is 49.5 Å². The highest BCUT2D eigenvalue weighted by Crippen LogP contribution is 2.54. The molecular weight excluding hydrogens is 431 g/mol. The van der Waals surface area contributed by atoms with Gasteiger partial charge < -0.3 is 10.2 Å². The molecular formula is C21H26Cl2N2O3S. The number of nitriles is 1. The Morgan fingerprint density at radius 2 is 2.10 bits per heavy atom. The van der Waals surface area contributed by atoms with E-state index >= 15 is 0 Å². The number of benzene rings is 1. The van der Waals surface area contributed by atoms with Gasteiger partial charge in [-0.3, -0.25) is 9.79 Å². The third-order valence-electron chi connectivity index (χ3n) is 5.57. The lowest BCUT2D eigenvalue weighted by Crippen LogP contribution is -2.52. The predicted molar refractivity (Wildman–Crippen MR) is 119 cm³/mol. The molecule has 0 aliphatic carbocycles. The van der Waals surface area contributed by atoms with Crippen LogP contribution in [0, 0.1) is 22.7 Å². The molecule has 4 unspecified atom stereocenters. The number of nitrogens with zero attached hydrogens (tertiary/aromatic N) is 2. The maximum Gasteiger partial charge on any atom is 0.312 e. The fourth-order valence-electron chi connectivity index (χ4n) is 4.18. The van der Waals surface area contributed by atoms with Crippen LogP contribution < -0.4 is 0 Å². The summed E-state index contributed by atoms with van der Waals surface area (Å²) < 4.78 is 0. The average Bonchev–Trinajstić information content (AvgIpc) is 2.68. The number of aliphatic imine (C=N–C) groups is 1. The highest BCUT2D eigenvalue weighted by molar-refractivity contribution is 8.14. The topological polar surface area (TPSA) is 93.7 Å². The monoisotopic (exact) mass is 456 g/mol. The smallest absolute Gasteiger partial charge is 0.312 e. The first-order chi connectivity index (χ1) is 13.9. The van der Waals surface area contributed by atoms with Crippen LogP contribution in [0.4, 0.5) is 0 Å². The van der Waals surface area contributed by atoms with E-state index in [0.29, 0.717) is 45.7 Å². The Morgan fingerprint density at radius 3 is 2.62 bits per heavy atom. The Morgan fingerprint density at radius 1 is 1.38 bits per heavy atom. The summed E-state index contributed by atoms with van der Waals surface area (Å²) in [5.74, 6) is -1.73. The lowest BCUT2D eigenvalue weighted by atomic mass is 9.59. The van der Waals surface area contributed by atoms with Crippen molar-refractivity contribution >= 4 is 46.0 Å². The fourth-order valence-corrected chi connectivity index (χ4v) is 5.76. The summed E-state index contributed by atoms with van der Waals surface area (Å²) in [6.07, 6.45) is 2.28. The molecule has 158 valence electrons. The SMILES string of the molecule is CCCC1N=C(SCCCO)C(C#N)C(c2ccc(Cl)cc2Cl)C1(CC)C(=O)O. The number of aliphatic carboxylic acids is 1. The van der Waals surface area contributed by atoms with Crippen LogP contribution in [0.15, 0.2) is 23.2 Å². The molecule has 1 aliphatic rings. The molecule has 0 radical (unpaired) electrons. The summed E-state index contributed by atoms with van der Waals surface area (Å²) in [5, 5.41) is 31.0. The molecule has 4 atom stereocenters. The summed E-state index contributed by atoms with van der Waals surface area (Å²) in [5.41, 5.74) is -0.627. The molecule has 1 heterocycles. The molecule has 0 bridgehead atoms. The second-order valence-corrected chi connectivity index (χ2v) is 9.11. The van der Waals surface area contributed by atoms with Crippen molar-refractivity contribution in [3.63, 3.8) is 0 Å². The number of thioether (sulfide) groups is 1. The number of halogens is 2. The van der Waals surface area contributed by atoms with Gasteiger partial charge in [0.05, 0.1) is 22.6 Å². The van der Waals surface area contributed by atoms with Gasteiger partial charge in [0.15, 0.2) is 0 Å². The Bertz CT molecular complexity index is 812. The van der Waals surface area contributed by atoms with Crippen LogP contribution in [0.2, 0.25) is 10.0 Å².